The van der Waals surface area contributed by atoms with Crippen LogP contribution in [0.4, 0.5) is 5.69 Å². The van der Waals surface area contributed by atoms with Crippen molar-refractivity contribution >= 4 is 33.4 Å². The van der Waals surface area contributed by atoms with Gasteiger partial charge in [0.05, 0.1) is 30.7 Å². The number of thioether (sulfide) groups is 1. The van der Waals surface area contributed by atoms with Crippen LogP contribution in [-0.2, 0) is 14.8 Å². The number of carbonyl (C=O) groups excluding carboxylic acids is 1. The molecule has 29 heavy (non-hydrogen) atoms. The molecule has 1 fully saturated rings. The fraction of sp³-hybridized carbons (Fsp3) is 0.368. The van der Waals surface area contributed by atoms with Gasteiger partial charge in [-0.25, -0.2) is 13.4 Å². The number of hydrogen-bond acceptors (Lipinski definition) is 7. The molecule has 0 saturated carbocycles. The summed E-state index contributed by atoms with van der Waals surface area (Å²) in [6.45, 7) is 1.10. The number of nitrogens with one attached hydrogen (secondary N) is 1. The number of aromatic nitrogens is 1. The molecule has 0 aliphatic carbocycles. The first-order valence-corrected chi connectivity index (χ1v) is 11.5. The van der Waals surface area contributed by atoms with Gasteiger partial charge >= 0.3 is 0 Å². The maximum Gasteiger partial charge on any atom is 0.244 e. The fourth-order valence-electron chi connectivity index (χ4n) is 2.91. The summed E-state index contributed by atoms with van der Waals surface area (Å²) in [5, 5.41) is 3.36. The van der Waals surface area contributed by atoms with Gasteiger partial charge in [-0.1, -0.05) is 11.8 Å². The number of pyridine rings is 1. The van der Waals surface area contributed by atoms with Crippen molar-refractivity contribution in [2.75, 3.05) is 38.4 Å². The van der Waals surface area contributed by atoms with E-state index in [-0.39, 0.29) is 16.6 Å². The zero-order chi connectivity index (χ0) is 20.9. The van der Waals surface area contributed by atoms with Crippen LogP contribution >= 0.6 is 11.8 Å². The van der Waals surface area contributed by atoms with E-state index >= 15 is 0 Å². The highest BCUT2D eigenvalue weighted by Gasteiger charge is 2.27. The SMILES string of the molecule is COc1ccc(NC(=O)CSc2ccc(S(=O)(=O)N3CCCC3)cn2)c(OC)c1. The van der Waals surface area contributed by atoms with E-state index in [2.05, 4.69) is 10.3 Å². The van der Waals surface area contributed by atoms with Crippen LogP contribution in [0.2, 0.25) is 0 Å². The van der Waals surface area contributed by atoms with E-state index in [1.54, 1.807) is 31.4 Å². The van der Waals surface area contributed by atoms with Crippen molar-refractivity contribution < 1.29 is 22.7 Å². The molecule has 2 heterocycles. The molecule has 2 aromatic rings. The molecule has 0 bridgehead atoms. The predicted octanol–water partition coefficient (Wildman–Crippen LogP) is 2.61. The van der Waals surface area contributed by atoms with Crippen LogP contribution in [-0.4, -0.2) is 56.7 Å². The molecule has 0 atom stereocenters. The molecule has 1 N–H and O–H groups in total. The van der Waals surface area contributed by atoms with E-state index in [1.807, 2.05) is 0 Å². The number of nitrogens with zero attached hydrogens (tertiary/aromatic N) is 2. The van der Waals surface area contributed by atoms with Gasteiger partial charge in [-0.15, -0.1) is 0 Å². The fourth-order valence-corrected chi connectivity index (χ4v) is 5.02. The second kappa shape index (κ2) is 9.47. The Morgan fingerprint density at radius 3 is 2.55 bits per heavy atom. The van der Waals surface area contributed by atoms with Crippen molar-refractivity contribution in [3.05, 3.63) is 36.5 Å². The summed E-state index contributed by atoms with van der Waals surface area (Å²) >= 11 is 1.22. The van der Waals surface area contributed by atoms with Crippen molar-refractivity contribution in [1.29, 1.82) is 0 Å². The van der Waals surface area contributed by atoms with Gasteiger partial charge in [-0.3, -0.25) is 4.79 Å². The lowest BCUT2D eigenvalue weighted by Crippen LogP contribution is -2.27. The average molecular weight is 438 g/mol. The lowest BCUT2D eigenvalue weighted by Gasteiger charge is -2.15. The van der Waals surface area contributed by atoms with Gasteiger partial charge in [0, 0.05) is 25.4 Å². The van der Waals surface area contributed by atoms with Crippen LogP contribution in [0.15, 0.2) is 46.5 Å². The number of anilines is 1. The molecule has 0 spiro atoms. The summed E-state index contributed by atoms with van der Waals surface area (Å²) in [6, 6.07) is 8.27. The summed E-state index contributed by atoms with van der Waals surface area (Å²) in [5.41, 5.74) is 0.541. The standard InChI is InChI=1S/C19H23N3O5S2/c1-26-14-5-7-16(17(11-14)27-2)21-18(23)13-28-19-8-6-15(12-20-19)29(24,25)22-9-3-4-10-22/h5-8,11-12H,3-4,9-10,13H2,1-2H3,(H,21,23). The molecular weight excluding hydrogens is 414 g/mol. The van der Waals surface area contributed by atoms with Gasteiger partial charge in [-0.2, -0.15) is 4.31 Å². The maximum absolute atomic E-state index is 12.5. The second-order valence-corrected chi connectivity index (χ2v) is 9.28. The van der Waals surface area contributed by atoms with E-state index in [0.29, 0.717) is 35.3 Å². The number of amides is 1. The third kappa shape index (κ3) is 5.20. The van der Waals surface area contributed by atoms with Gasteiger partial charge in [-0.05, 0) is 37.1 Å². The molecular formula is C19H23N3O5S2. The molecule has 1 saturated heterocycles. The van der Waals surface area contributed by atoms with Crippen LogP contribution in [0.1, 0.15) is 12.8 Å². The van der Waals surface area contributed by atoms with Crippen LogP contribution < -0.4 is 14.8 Å². The van der Waals surface area contributed by atoms with Gasteiger partial charge in [0.25, 0.3) is 0 Å². The molecule has 1 aromatic heterocycles. The minimum atomic E-state index is -3.48. The summed E-state index contributed by atoms with van der Waals surface area (Å²) in [6.07, 6.45) is 3.11. The summed E-state index contributed by atoms with van der Waals surface area (Å²) in [5.74, 6) is 1.02. The Hall–Kier alpha value is -2.30. The number of hydrogen-bond donors (Lipinski definition) is 1. The number of methoxy groups -OCH3 is 2. The molecule has 8 nitrogen and oxygen atoms in total. The van der Waals surface area contributed by atoms with Gasteiger partial charge in [0.1, 0.15) is 16.4 Å². The Morgan fingerprint density at radius 1 is 1.17 bits per heavy atom. The monoisotopic (exact) mass is 437 g/mol. The third-order valence-corrected chi connectivity index (χ3v) is 7.27. The Balaban J connectivity index is 1.58. The molecule has 0 radical (unpaired) electrons. The molecule has 10 heteroatoms. The zero-order valence-electron chi connectivity index (χ0n) is 16.3. The highest BCUT2D eigenvalue weighted by Crippen LogP contribution is 2.29. The number of benzene rings is 1. The summed E-state index contributed by atoms with van der Waals surface area (Å²) in [7, 11) is -0.414. The van der Waals surface area contributed by atoms with Crippen molar-refractivity contribution in [3.8, 4) is 11.5 Å². The van der Waals surface area contributed by atoms with E-state index < -0.39 is 10.0 Å². The van der Waals surface area contributed by atoms with Crippen LogP contribution in [0.3, 0.4) is 0 Å². The molecule has 1 aliphatic rings. The molecule has 3 rings (SSSR count). The van der Waals surface area contributed by atoms with E-state index in [9.17, 15) is 13.2 Å². The molecule has 1 amide bonds. The molecule has 0 unspecified atom stereocenters. The first-order valence-electron chi connectivity index (χ1n) is 9.05. The quantitative estimate of drug-likeness (QED) is 0.634. The summed E-state index contributed by atoms with van der Waals surface area (Å²) in [4.78, 5) is 16.6. The Labute approximate surface area is 174 Å². The van der Waals surface area contributed by atoms with Gasteiger partial charge in [0.2, 0.25) is 15.9 Å². The smallest absolute Gasteiger partial charge is 0.244 e. The van der Waals surface area contributed by atoms with Crippen LogP contribution in [0, 0.1) is 0 Å². The number of sulfonamides is 1. The molecule has 1 aromatic carbocycles. The Kier molecular flexibility index (Phi) is 6.99. The third-order valence-electron chi connectivity index (χ3n) is 4.45. The topological polar surface area (TPSA) is 97.8 Å². The first-order chi connectivity index (χ1) is 13.9. The van der Waals surface area contributed by atoms with Crippen molar-refractivity contribution in [2.45, 2.75) is 22.8 Å². The van der Waals surface area contributed by atoms with Crippen molar-refractivity contribution in [3.63, 3.8) is 0 Å². The van der Waals surface area contributed by atoms with E-state index in [1.165, 1.54) is 35.4 Å². The highest BCUT2D eigenvalue weighted by molar-refractivity contribution is 7.99. The van der Waals surface area contributed by atoms with Gasteiger partial charge in [0.15, 0.2) is 0 Å². The Bertz CT molecular complexity index is 958. The number of rotatable bonds is 8. The normalized spacial score (nSPS) is 14.6. The van der Waals surface area contributed by atoms with Crippen LogP contribution in [0.5, 0.6) is 11.5 Å². The highest BCUT2D eigenvalue weighted by atomic mass is 32.2. The Morgan fingerprint density at radius 2 is 1.93 bits per heavy atom. The lowest BCUT2D eigenvalue weighted by atomic mass is 10.2. The van der Waals surface area contributed by atoms with Crippen molar-refractivity contribution in [2.24, 2.45) is 0 Å². The molecule has 156 valence electrons. The summed E-state index contributed by atoms with van der Waals surface area (Å²) < 4.78 is 36.9. The maximum atomic E-state index is 12.5. The van der Waals surface area contributed by atoms with Crippen LogP contribution in [0.25, 0.3) is 0 Å². The number of ether oxygens (including phenoxy) is 2. The minimum absolute atomic E-state index is 0.125. The zero-order valence-corrected chi connectivity index (χ0v) is 17.9. The number of carbonyl (C=O) groups is 1. The lowest BCUT2D eigenvalue weighted by molar-refractivity contribution is -0.113. The van der Waals surface area contributed by atoms with E-state index in [0.717, 1.165) is 12.8 Å². The van der Waals surface area contributed by atoms with Gasteiger partial charge < -0.3 is 14.8 Å². The predicted molar refractivity (Wildman–Crippen MR) is 111 cm³/mol. The van der Waals surface area contributed by atoms with E-state index in [4.69, 9.17) is 9.47 Å². The first kappa shape index (κ1) is 21.4. The largest absolute Gasteiger partial charge is 0.497 e. The van der Waals surface area contributed by atoms with Crippen molar-refractivity contribution in [1.82, 2.24) is 9.29 Å². The minimum Gasteiger partial charge on any atom is -0.497 e. The second-order valence-electron chi connectivity index (χ2n) is 6.35. The average Bonchev–Trinajstić information content (AvgIpc) is 3.29. The molecule has 1 aliphatic heterocycles.